The van der Waals surface area contributed by atoms with Crippen molar-refractivity contribution in [2.24, 2.45) is 5.92 Å². The molecule has 0 bridgehead atoms. The highest BCUT2D eigenvalue weighted by Gasteiger charge is 2.02. The van der Waals surface area contributed by atoms with E-state index < -0.39 is 0 Å². The molecule has 1 aromatic rings. The molecule has 11 heavy (non-hydrogen) atoms. The number of aromatic nitrogens is 2. The zero-order valence-electron chi connectivity index (χ0n) is 6.16. The van der Waals surface area contributed by atoms with Gasteiger partial charge in [-0.1, -0.05) is 30.0 Å². The number of halogens is 1. The third-order valence-electron chi connectivity index (χ3n) is 1.09. The van der Waals surface area contributed by atoms with Gasteiger partial charge in [-0.2, -0.15) is 0 Å². The molecule has 0 radical (unpaired) electrons. The zero-order chi connectivity index (χ0) is 8.10. The Hall–Kier alpha value is 0.200. The number of thioether (sulfide) groups is 1. The van der Waals surface area contributed by atoms with Crippen LogP contribution < -0.4 is 0 Å². The first-order valence-corrected chi connectivity index (χ1v) is 5.68. The maximum absolute atomic E-state index is 5.65. The lowest BCUT2D eigenvalue weighted by molar-refractivity contribution is 0.758. The second kappa shape index (κ2) is 4.95. The Morgan fingerprint density at radius 3 is 3.18 bits per heavy atom. The summed E-state index contributed by atoms with van der Waals surface area (Å²) in [7, 11) is 0. The fourth-order valence-corrected chi connectivity index (χ4v) is 2.26. The van der Waals surface area contributed by atoms with Crippen LogP contribution in [0.25, 0.3) is 0 Å². The first-order chi connectivity index (χ1) is 5.33. The summed E-state index contributed by atoms with van der Waals surface area (Å²) in [4.78, 5) is 0. The molecule has 0 aliphatic carbocycles. The Morgan fingerprint density at radius 2 is 2.64 bits per heavy atom. The van der Waals surface area contributed by atoms with Gasteiger partial charge in [-0.05, 0) is 5.92 Å². The summed E-state index contributed by atoms with van der Waals surface area (Å²) in [6.07, 6.45) is 0. The minimum atomic E-state index is 0.547. The van der Waals surface area contributed by atoms with Crippen molar-refractivity contribution in [3.63, 3.8) is 0 Å². The van der Waals surface area contributed by atoms with Crippen molar-refractivity contribution in [1.82, 2.24) is 10.2 Å². The molecule has 2 nitrogen and oxygen atoms in total. The van der Waals surface area contributed by atoms with Crippen LogP contribution in [0.5, 0.6) is 0 Å². The molecule has 0 aliphatic heterocycles. The lowest BCUT2D eigenvalue weighted by Gasteiger charge is -2.02. The van der Waals surface area contributed by atoms with Crippen molar-refractivity contribution < 1.29 is 0 Å². The van der Waals surface area contributed by atoms with Crippen molar-refractivity contribution in [2.75, 3.05) is 11.6 Å². The van der Waals surface area contributed by atoms with Gasteiger partial charge in [0.15, 0.2) is 4.34 Å². The van der Waals surface area contributed by atoms with Gasteiger partial charge in [0.1, 0.15) is 5.51 Å². The molecule has 0 aliphatic rings. The maximum Gasteiger partial charge on any atom is 0.174 e. The van der Waals surface area contributed by atoms with Gasteiger partial charge in [0, 0.05) is 11.6 Å². The van der Waals surface area contributed by atoms with Crippen LogP contribution in [0.1, 0.15) is 6.92 Å². The molecule has 1 atom stereocenters. The number of hydrogen-bond donors (Lipinski definition) is 0. The fraction of sp³-hybridized carbons (Fsp3) is 0.667. The van der Waals surface area contributed by atoms with Gasteiger partial charge >= 0.3 is 0 Å². The monoisotopic (exact) mass is 208 g/mol. The van der Waals surface area contributed by atoms with Gasteiger partial charge < -0.3 is 0 Å². The van der Waals surface area contributed by atoms with Crippen LogP contribution in [0.2, 0.25) is 0 Å². The summed E-state index contributed by atoms with van der Waals surface area (Å²) in [6, 6.07) is 0. The third kappa shape index (κ3) is 3.40. The Bertz CT molecular complexity index is 190. The molecule has 0 aromatic carbocycles. The minimum Gasteiger partial charge on any atom is -0.146 e. The number of alkyl halides is 1. The van der Waals surface area contributed by atoms with E-state index in [2.05, 4.69) is 17.1 Å². The molecule has 1 heterocycles. The molecule has 0 amide bonds. The van der Waals surface area contributed by atoms with Gasteiger partial charge in [0.25, 0.3) is 0 Å². The quantitative estimate of drug-likeness (QED) is 0.562. The second-order valence-electron chi connectivity index (χ2n) is 2.28. The molecular weight excluding hydrogens is 200 g/mol. The number of hydrogen-bond acceptors (Lipinski definition) is 4. The van der Waals surface area contributed by atoms with E-state index in [1.165, 1.54) is 0 Å². The summed E-state index contributed by atoms with van der Waals surface area (Å²) < 4.78 is 1.03. The Morgan fingerprint density at radius 1 is 1.82 bits per heavy atom. The number of rotatable bonds is 4. The standard InChI is InChI=1S/C6H9ClN2S2/c1-5(2-7)3-10-6-9-8-4-11-6/h4-5H,2-3H2,1H3. The summed E-state index contributed by atoms with van der Waals surface area (Å²) >= 11 is 8.94. The highest BCUT2D eigenvalue weighted by molar-refractivity contribution is 8.01. The van der Waals surface area contributed by atoms with E-state index in [9.17, 15) is 0 Å². The molecule has 0 fully saturated rings. The van der Waals surface area contributed by atoms with Gasteiger partial charge in [0.05, 0.1) is 0 Å². The van der Waals surface area contributed by atoms with E-state index in [4.69, 9.17) is 11.6 Å². The van der Waals surface area contributed by atoms with E-state index in [-0.39, 0.29) is 0 Å². The average Bonchev–Trinajstić information content (AvgIpc) is 2.52. The summed E-state index contributed by atoms with van der Waals surface area (Å²) in [5.74, 6) is 2.29. The van der Waals surface area contributed by atoms with Crippen LogP contribution in [0.4, 0.5) is 0 Å². The fourth-order valence-electron chi connectivity index (χ4n) is 0.484. The predicted octanol–water partition coefficient (Wildman–Crippen LogP) is 2.51. The molecule has 0 spiro atoms. The lowest BCUT2D eigenvalue weighted by Crippen LogP contribution is -1.98. The van der Waals surface area contributed by atoms with Crippen molar-refractivity contribution in [3.8, 4) is 0 Å². The van der Waals surface area contributed by atoms with Crippen LogP contribution >= 0.6 is 34.7 Å². The Balaban J connectivity index is 2.23. The van der Waals surface area contributed by atoms with Gasteiger partial charge in [-0.15, -0.1) is 21.8 Å². The summed E-state index contributed by atoms with van der Waals surface area (Å²) in [6.45, 7) is 2.13. The predicted molar refractivity (Wildman–Crippen MR) is 50.5 cm³/mol. The van der Waals surface area contributed by atoms with E-state index in [1.807, 2.05) is 0 Å². The highest BCUT2D eigenvalue weighted by Crippen LogP contribution is 2.21. The molecule has 1 rings (SSSR count). The van der Waals surface area contributed by atoms with Gasteiger partial charge in [-0.3, -0.25) is 0 Å². The molecule has 1 aromatic heterocycles. The van der Waals surface area contributed by atoms with Crippen LogP contribution in [-0.2, 0) is 0 Å². The largest absolute Gasteiger partial charge is 0.174 e. The van der Waals surface area contributed by atoms with Crippen molar-refractivity contribution >= 4 is 34.7 Å². The zero-order valence-corrected chi connectivity index (χ0v) is 8.55. The molecule has 0 saturated heterocycles. The Labute approximate surface area is 79.4 Å². The van der Waals surface area contributed by atoms with Crippen LogP contribution in [0.15, 0.2) is 9.85 Å². The molecule has 0 saturated carbocycles. The summed E-state index contributed by atoms with van der Waals surface area (Å²) in [5, 5.41) is 7.65. The van der Waals surface area contributed by atoms with Crippen LogP contribution in [0, 0.1) is 5.92 Å². The van der Waals surface area contributed by atoms with E-state index >= 15 is 0 Å². The first kappa shape index (κ1) is 9.29. The molecule has 1 unspecified atom stereocenters. The first-order valence-electron chi connectivity index (χ1n) is 3.28. The van der Waals surface area contributed by atoms with E-state index in [0.29, 0.717) is 11.8 Å². The molecular formula is C6H9ClN2S2. The normalized spacial score (nSPS) is 13.3. The minimum absolute atomic E-state index is 0.547. The smallest absolute Gasteiger partial charge is 0.146 e. The topological polar surface area (TPSA) is 25.8 Å². The lowest BCUT2D eigenvalue weighted by atomic mass is 10.3. The maximum atomic E-state index is 5.65. The van der Waals surface area contributed by atoms with Gasteiger partial charge in [0.2, 0.25) is 0 Å². The van der Waals surface area contributed by atoms with Crippen molar-refractivity contribution in [3.05, 3.63) is 5.51 Å². The second-order valence-corrected chi connectivity index (χ2v) is 4.68. The van der Waals surface area contributed by atoms with Crippen LogP contribution in [0.3, 0.4) is 0 Å². The van der Waals surface area contributed by atoms with Crippen molar-refractivity contribution in [1.29, 1.82) is 0 Å². The van der Waals surface area contributed by atoms with Gasteiger partial charge in [-0.25, -0.2) is 0 Å². The number of nitrogens with zero attached hydrogens (tertiary/aromatic N) is 2. The Kier molecular flexibility index (Phi) is 4.18. The SMILES string of the molecule is CC(CCl)CSc1nncs1. The third-order valence-corrected chi connectivity index (χ3v) is 3.81. The van der Waals surface area contributed by atoms with Crippen LogP contribution in [-0.4, -0.2) is 21.8 Å². The average molecular weight is 209 g/mol. The molecule has 5 heteroatoms. The van der Waals surface area contributed by atoms with E-state index in [0.717, 1.165) is 10.1 Å². The molecule has 62 valence electrons. The molecule has 0 N–H and O–H groups in total. The van der Waals surface area contributed by atoms with E-state index in [1.54, 1.807) is 28.6 Å². The highest BCUT2D eigenvalue weighted by atomic mass is 35.5. The summed E-state index contributed by atoms with van der Waals surface area (Å²) in [5.41, 5.74) is 1.74. The van der Waals surface area contributed by atoms with Crippen molar-refractivity contribution in [2.45, 2.75) is 11.3 Å².